The van der Waals surface area contributed by atoms with Gasteiger partial charge < -0.3 is 4.74 Å². The topological polar surface area (TPSA) is 26.3 Å². The Hall–Kier alpha value is -0.670. The zero-order valence-corrected chi connectivity index (χ0v) is 8.06. The molecule has 0 radical (unpaired) electrons. The summed E-state index contributed by atoms with van der Waals surface area (Å²) < 4.78 is 29.9. The predicted octanol–water partition coefficient (Wildman–Crippen LogP) is 2.37. The SMILES string of the molecule is CC(C)OC(=O)C1(C)CC(F)(F)C1. The second-order valence-electron chi connectivity index (χ2n) is 4.22. The average Bonchev–Trinajstić information content (AvgIpc) is 1.80. The van der Waals surface area contributed by atoms with E-state index in [1.165, 1.54) is 6.92 Å². The third-order valence-corrected chi connectivity index (χ3v) is 2.13. The van der Waals surface area contributed by atoms with Gasteiger partial charge in [0.25, 0.3) is 0 Å². The number of carbonyl (C=O) groups is 1. The molecule has 4 heteroatoms. The van der Waals surface area contributed by atoms with E-state index < -0.39 is 17.3 Å². The van der Waals surface area contributed by atoms with Gasteiger partial charge in [0.05, 0.1) is 11.5 Å². The Kier molecular flexibility index (Phi) is 2.34. The minimum Gasteiger partial charge on any atom is -0.463 e. The molecule has 0 aromatic heterocycles. The predicted molar refractivity (Wildman–Crippen MR) is 43.5 cm³/mol. The van der Waals surface area contributed by atoms with Gasteiger partial charge in [-0.15, -0.1) is 0 Å². The highest BCUT2D eigenvalue weighted by Gasteiger charge is 2.58. The Morgan fingerprint density at radius 1 is 1.38 bits per heavy atom. The molecule has 0 N–H and O–H groups in total. The maximum atomic E-state index is 12.5. The summed E-state index contributed by atoms with van der Waals surface area (Å²) in [5.41, 5.74) is -0.965. The fourth-order valence-corrected chi connectivity index (χ4v) is 1.59. The molecule has 76 valence electrons. The van der Waals surface area contributed by atoms with Crippen LogP contribution in [-0.4, -0.2) is 18.0 Å². The minimum atomic E-state index is -2.68. The molecule has 0 heterocycles. The molecule has 0 aromatic rings. The molecule has 13 heavy (non-hydrogen) atoms. The Morgan fingerprint density at radius 2 is 1.85 bits per heavy atom. The molecule has 2 nitrogen and oxygen atoms in total. The highest BCUT2D eigenvalue weighted by molar-refractivity contribution is 5.78. The highest BCUT2D eigenvalue weighted by Crippen LogP contribution is 2.52. The molecule has 1 fully saturated rings. The van der Waals surface area contributed by atoms with Crippen LogP contribution in [0.3, 0.4) is 0 Å². The molecule has 1 saturated carbocycles. The van der Waals surface area contributed by atoms with Gasteiger partial charge in [-0.25, -0.2) is 8.78 Å². The molecule has 0 amide bonds. The van der Waals surface area contributed by atoms with E-state index in [0.717, 1.165) is 0 Å². The molecule has 0 aromatic carbocycles. The van der Waals surface area contributed by atoms with Crippen LogP contribution in [0.25, 0.3) is 0 Å². The normalized spacial score (nSPS) is 23.8. The van der Waals surface area contributed by atoms with Crippen molar-refractivity contribution >= 4 is 5.97 Å². The summed E-state index contributed by atoms with van der Waals surface area (Å²) in [6, 6.07) is 0. The second-order valence-corrected chi connectivity index (χ2v) is 4.22. The van der Waals surface area contributed by atoms with Crippen molar-refractivity contribution in [3.05, 3.63) is 0 Å². The molecule has 1 aliphatic carbocycles. The smallest absolute Gasteiger partial charge is 0.312 e. The van der Waals surface area contributed by atoms with Crippen molar-refractivity contribution < 1.29 is 18.3 Å². The van der Waals surface area contributed by atoms with E-state index in [-0.39, 0.29) is 18.9 Å². The van der Waals surface area contributed by atoms with Crippen molar-refractivity contribution in [2.24, 2.45) is 5.41 Å². The van der Waals surface area contributed by atoms with Crippen molar-refractivity contribution in [1.29, 1.82) is 0 Å². The number of esters is 1. The first-order chi connectivity index (χ1) is 5.75. The molecule has 0 unspecified atom stereocenters. The molecule has 1 rings (SSSR count). The van der Waals surface area contributed by atoms with Gasteiger partial charge in [-0.05, 0) is 20.8 Å². The second kappa shape index (κ2) is 2.93. The molecular weight excluding hydrogens is 178 g/mol. The zero-order valence-electron chi connectivity index (χ0n) is 8.06. The summed E-state index contributed by atoms with van der Waals surface area (Å²) >= 11 is 0. The van der Waals surface area contributed by atoms with E-state index in [0.29, 0.717) is 0 Å². The molecule has 0 aliphatic heterocycles. The largest absolute Gasteiger partial charge is 0.463 e. The van der Waals surface area contributed by atoms with Gasteiger partial charge in [-0.2, -0.15) is 0 Å². The quantitative estimate of drug-likeness (QED) is 0.628. The van der Waals surface area contributed by atoms with Gasteiger partial charge in [-0.1, -0.05) is 0 Å². The third kappa shape index (κ3) is 2.17. The van der Waals surface area contributed by atoms with Crippen molar-refractivity contribution in [2.75, 3.05) is 0 Å². The third-order valence-electron chi connectivity index (χ3n) is 2.13. The Labute approximate surface area is 76.3 Å². The lowest BCUT2D eigenvalue weighted by Gasteiger charge is -2.42. The van der Waals surface area contributed by atoms with Gasteiger partial charge in [0, 0.05) is 12.8 Å². The lowest BCUT2D eigenvalue weighted by molar-refractivity contribution is -0.197. The standard InChI is InChI=1S/C9H14F2O2/c1-6(2)13-7(12)8(3)4-9(10,11)5-8/h6H,4-5H2,1-3H3. The van der Waals surface area contributed by atoms with Crippen LogP contribution in [0.2, 0.25) is 0 Å². The number of hydrogen-bond donors (Lipinski definition) is 0. The molecule has 0 atom stereocenters. The number of hydrogen-bond acceptors (Lipinski definition) is 2. The maximum absolute atomic E-state index is 12.5. The van der Waals surface area contributed by atoms with E-state index >= 15 is 0 Å². The number of carbonyl (C=O) groups excluding carboxylic acids is 1. The first-order valence-corrected chi connectivity index (χ1v) is 4.34. The van der Waals surface area contributed by atoms with E-state index in [2.05, 4.69) is 0 Å². The van der Waals surface area contributed by atoms with Crippen molar-refractivity contribution in [3.63, 3.8) is 0 Å². The van der Waals surface area contributed by atoms with Crippen LogP contribution in [0.15, 0.2) is 0 Å². The van der Waals surface area contributed by atoms with Crippen molar-refractivity contribution in [2.45, 2.75) is 45.6 Å². The highest BCUT2D eigenvalue weighted by atomic mass is 19.3. The Morgan fingerprint density at radius 3 is 2.15 bits per heavy atom. The summed E-state index contributed by atoms with van der Waals surface area (Å²) in [5, 5.41) is 0. The van der Waals surface area contributed by atoms with E-state index in [1.807, 2.05) is 0 Å². The van der Waals surface area contributed by atoms with E-state index in [4.69, 9.17) is 4.74 Å². The van der Waals surface area contributed by atoms with Crippen LogP contribution < -0.4 is 0 Å². The van der Waals surface area contributed by atoms with Crippen LogP contribution in [0.4, 0.5) is 8.78 Å². The summed E-state index contributed by atoms with van der Waals surface area (Å²) in [5.74, 6) is -3.18. The molecule has 0 saturated heterocycles. The molecule has 0 bridgehead atoms. The Balaban J connectivity index is 2.50. The summed E-state index contributed by atoms with van der Waals surface area (Å²) in [4.78, 5) is 11.3. The number of halogens is 2. The van der Waals surface area contributed by atoms with Crippen LogP contribution in [0.5, 0.6) is 0 Å². The average molecular weight is 192 g/mol. The lowest BCUT2D eigenvalue weighted by atomic mass is 9.67. The van der Waals surface area contributed by atoms with Crippen molar-refractivity contribution in [1.82, 2.24) is 0 Å². The zero-order chi connectivity index (χ0) is 10.3. The van der Waals surface area contributed by atoms with Gasteiger partial charge in [0.2, 0.25) is 5.92 Å². The van der Waals surface area contributed by atoms with Gasteiger partial charge in [0.15, 0.2) is 0 Å². The van der Waals surface area contributed by atoms with Crippen LogP contribution in [0, 0.1) is 5.41 Å². The fraction of sp³-hybridized carbons (Fsp3) is 0.889. The molecule has 1 aliphatic rings. The van der Waals surface area contributed by atoms with Crippen LogP contribution in [-0.2, 0) is 9.53 Å². The number of alkyl halides is 2. The summed E-state index contributed by atoms with van der Waals surface area (Å²) in [6.45, 7) is 4.94. The van der Waals surface area contributed by atoms with Gasteiger partial charge in [0.1, 0.15) is 0 Å². The van der Waals surface area contributed by atoms with E-state index in [9.17, 15) is 13.6 Å². The monoisotopic (exact) mass is 192 g/mol. The lowest BCUT2D eigenvalue weighted by Crippen LogP contribution is -2.50. The van der Waals surface area contributed by atoms with Crippen LogP contribution >= 0.6 is 0 Å². The maximum Gasteiger partial charge on any atom is 0.312 e. The first kappa shape index (κ1) is 10.4. The van der Waals surface area contributed by atoms with Crippen LogP contribution in [0.1, 0.15) is 33.6 Å². The van der Waals surface area contributed by atoms with Gasteiger partial charge >= 0.3 is 5.97 Å². The van der Waals surface area contributed by atoms with Gasteiger partial charge in [-0.3, -0.25) is 4.79 Å². The summed E-state index contributed by atoms with van der Waals surface area (Å²) in [7, 11) is 0. The minimum absolute atomic E-state index is 0.237. The molecule has 0 spiro atoms. The number of rotatable bonds is 2. The fourth-order valence-electron chi connectivity index (χ4n) is 1.59. The Bertz CT molecular complexity index is 216. The molecular formula is C9H14F2O2. The van der Waals surface area contributed by atoms with Crippen molar-refractivity contribution in [3.8, 4) is 0 Å². The first-order valence-electron chi connectivity index (χ1n) is 4.34. The number of ether oxygens (including phenoxy) is 1. The summed E-state index contributed by atoms with van der Waals surface area (Å²) in [6.07, 6.45) is -1.00. The van der Waals surface area contributed by atoms with E-state index in [1.54, 1.807) is 13.8 Å².